The molecule has 162 valence electrons. The number of hydrogen-bond donors (Lipinski definition) is 1. The fourth-order valence-corrected chi connectivity index (χ4v) is 3.87. The highest BCUT2D eigenvalue weighted by Gasteiger charge is 2.36. The van der Waals surface area contributed by atoms with E-state index in [-0.39, 0.29) is 12.8 Å². The third-order valence-electron chi connectivity index (χ3n) is 5.41. The average Bonchev–Trinajstić information content (AvgIpc) is 3.46. The van der Waals surface area contributed by atoms with E-state index in [1.54, 1.807) is 18.2 Å². The van der Waals surface area contributed by atoms with Crippen LogP contribution in [0.15, 0.2) is 47.0 Å². The third kappa shape index (κ3) is 3.96. The zero-order valence-electron chi connectivity index (χ0n) is 16.2. The first-order valence-electron chi connectivity index (χ1n) is 9.69. The van der Waals surface area contributed by atoms with E-state index in [9.17, 15) is 18.3 Å². The molecule has 1 aromatic heterocycles. The van der Waals surface area contributed by atoms with Gasteiger partial charge in [0.25, 0.3) is 0 Å². The molecule has 0 radical (unpaired) electrons. The molecule has 1 fully saturated rings. The third-order valence-corrected chi connectivity index (χ3v) is 5.41. The molecular weight excluding hydrogens is 415 g/mol. The normalized spacial score (nSPS) is 21.0. The second kappa shape index (κ2) is 7.54. The Balaban J connectivity index is 1.34. The molecule has 0 bridgehead atoms. The van der Waals surface area contributed by atoms with Gasteiger partial charge in [-0.25, -0.2) is 0 Å². The van der Waals surface area contributed by atoms with E-state index in [1.807, 2.05) is 4.90 Å². The molecule has 0 spiro atoms. The van der Waals surface area contributed by atoms with Crippen molar-refractivity contribution in [3.8, 4) is 22.9 Å². The van der Waals surface area contributed by atoms with Gasteiger partial charge in [0, 0.05) is 18.7 Å². The molecule has 2 aliphatic heterocycles. The number of likely N-dealkylation sites (tertiary alicyclic amines) is 1. The van der Waals surface area contributed by atoms with Crippen LogP contribution in [0.2, 0.25) is 0 Å². The van der Waals surface area contributed by atoms with E-state index in [1.165, 1.54) is 12.1 Å². The molecule has 3 aromatic rings. The summed E-state index contributed by atoms with van der Waals surface area (Å²) >= 11 is 0. The molecule has 2 aromatic carbocycles. The lowest BCUT2D eigenvalue weighted by molar-refractivity contribution is -0.137. The molecule has 0 aliphatic carbocycles. The standard InChI is InChI=1S/C21H18F3N3O4/c22-21(23,24)14-4-1-12(2-5-14)9-27-10-15(28)8-16(27)20-25-19(26-31-20)13-3-6-17-18(7-13)30-11-29-17/h1-7,15-16,28H,8-11H2. The summed E-state index contributed by atoms with van der Waals surface area (Å²) in [5.41, 5.74) is 0.703. The highest BCUT2D eigenvalue weighted by Crippen LogP contribution is 2.37. The smallest absolute Gasteiger partial charge is 0.416 e. The topological polar surface area (TPSA) is 80.9 Å². The first kappa shape index (κ1) is 19.8. The molecule has 2 unspecified atom stereocenters. The fourth-order valence-electron chi connectivity index (χ4n) is 3.87. The maximum atomic E-state index is 12.8. The number of aliphatic hydroxyl groups excluding tert-OH is 1. The number of fused-ring (bicyclic) bond motifs is 1. The molecule has 2 atom stereocenters. The molecule has 0 saturated carbocycles. The van der Waals surface area contributed by atoms with Crippen LogP contribution < -0.4 is 9.47 Å². The maximum absolute atomic E-state index is 12.8. The van der Waals surface area contributed by atoms with E-state index in [4.69, 9.17) is 14.0 Å². The minimum Gasteiger partial charge on any atom is -0.454 e. The summed E-state index contributed by atoms with van der Waals surface area (Å²) < 4.78 is 54.5. The Morgan fingerprint density at radius 3 is 2.61 bits per heavy atom. The number of aromatic nitrogens is 2. The Kier molecular flexibility index (Phi) is 4.82. The van der Waals surface area contributed by atoms with Crippen LogP contribution in [0, 0.1) is 0 Å². The van der Waals surface area contributed by atoms with Crippen molar-refractivity contribution in [2.45, 2.75) is 31.3 Å². The second-order valence-electron chi connectivity index (χ2n) is 7.55. The summed E-state index contributed by atoms with van der Waals surface area (Å²) in [4.78, 5) is 6.41. The quantitative estimate of drug-likeness (QED) is 0.671. The van der Waals surface area contributed by atoms with Crippen LogP contribution in [-0.2, 0) is 12.7 Å². The van der Waals surface area contributed by atoms with Gasteiger partial charge in [0.15, 0.2) is 11.5 Å². The highest BCUT2D eigenvalue weighted by molar-refractivity contribution is 5.61. The van der Waals surface area contributed by atoms with Gasteiger partial charge in [0.05, 0.1) is 17.7 Å². The predicted octanol–water partition coefficient (Wildman–Crippen LogP) is 3.79. The lowest BCUT2D eigenvalue weighted by Gasteiger charge is -2.21. The van der Waals surface area contributed by atoms with Crippen molar-refractivity contribution in [2.24, 2.45) is 0 Å². The number of hydrogen-bond acceptors (Lipinski definition) is 7. The zero-order valence-corrected chi connectivity index (χ0v) is 16.2. The van der Waals surface area contributed by atoms with Gasteiger partial charge in [0.2, 0.25) is 18.5 Å². The van der Waals surface area contributed by atoms with E-state index in [0.29, 0.717) is 53.9 Å². The largest absolute Gasteiger partial charge is 0.454 e. The van der Waals surface area contributed by atoms with Gasteiger partial charge in [-0.3, -0.25) is 4.90 Å². The molecular formula is C21H18F3N3O4. The number of rotatable bonds is 4. The summed E-state index contributed by atoms with van der Waals surface area (Å²) in [5.74, 6) is 1.97. The Morgan fingerprint density at radius 1 is 1.06 bits per heavy atom. The van der Waals surface area contributed by atoms with Crippen LogP contribution in [0.3, 0.4) is 0 Å². The average molecular weight is 433 g/mol. The molecule has 2 aliphatic rings. The highest BCUT2D eigenvalue weighted by atomic mass is 19.4. The summed E-state index contributed by atoms with van der Waals surface area (Å²) in [6, 6.07) is 9.98. The van der Waals surface area contributed by atoms with E-state index >= 15 is 0 Å². The van der Waals surface area contributed by atoms with Crippen LogP contribution in [0.5, 0.6) is 11.5 Å². The number of benzene rings is 2. The number of alkyl halides is 3. The zero-order chi connectivity index (χ0) is 21.6. The van der Waals surface area contributed by atoms with E-state index < -0.39 is 17.8 Å². The van der Waals surface area contributed by atoms with Gasteiger partial charge < -0.3 is 19.1 Å². The van der Waals surface area contributed by atoms with Crippen molar-refractivity contribution in [3.05, 3.63) is 59.5 Å². The number of nitrogens with zero attached hydrogens (tertiary/aromatic N) is 3. The molecule has 1 saturated heterocycles. The van der Waals surface area contributed by atoms with Gasteiger partial charge in [0.1, 0.15) is 0 Å². The van der Waals surface area contributed by atoms with Crippen molar-refractivity contribution in [3.63, 3.8) is 0 Å². The van der Waals surface area contributed by atoms with Crippen LogP contribution >= 0.6 is 0 Å². The van der Waals surface area contributed by atoms with Gasteiger partial charge in [-0.1, -0.05) is 17.3 Å². The van der Waals surface area contributed by atoms with Crippen molar-refractivity contribution in [1.29, 1.82) is 0 Å². The number of β-amino-alcohol motifs (C(OH)–C–C–N with tert-alkyl or cyclic N) is 1. The molecule has 10 heteroatoms. The first-order chi connectivity index (χ1) is 14.9. The molecule has 3 heterocycles. The van der Waals surface area contributed by atoms with Gasteiger partial charge >= 0.3 is 6.18 Å². The summed E-state index contributed by atoms with van der Waals surface area (Å²) in [7, 11) is 0. The molecule has 0 amide bonds. The molecule has 31 heavy (non-hydrogen) atoms. The fraction of sp³-hybridized carbons (Fsp3) is 0.333. The van der Waals surface area contributed by atoms with Crippen molar-refractivity contribution in [1.82, 2.24) is 15.0 Å². The maximum Gasteiger partial charge on any atom is 0.416 e. The number of halogens is 3. The summed E-state index contributed by atoms with van der Waals surface area (Å²) in [6.45, 7) is 0.865. The lowest BCUT2D eigenvalue weighted by atomic mass is 10.1. The molecule has 5 rings (SSSR count). The van der Waals surface area contributed by atoms with Crippen LogP contribution in [0.1, 0.15) is 29.5 Å². The Bertz CT molecular complexity index is 1080. The van der Waals surface area contributed by atoms with Crippen molar-refractivity contribution < 1.29 is 32.3 Å². The second-order valence-corrected chi connectivity index (χ2v) is 7.55. The SMILES string of the molecule is OC1CC(c2nc(-c3ccc4c(c3)OCO4)no2)N(Cc2ccc(C(F)(F)F)cc2)C1. The van der Waals surface area contributed by atoms with Gasteiger partial charge in [-0.05, 0) is 42.3 Å². The minimum absolute atomic E-state index is 0.162. The summed E-state index contributed by atoms with van der Waals surface area (Å²) in [6.07, 6.45) is -4.58. The summed E-state index contributed by atoms with van der Waals surface area (Å²) in [5, 5.41) is 14.2. The first-order valence-corrected chi connectivity index (χ1v) is 9.69. The van der Waals surface area contributed by atoms with Crippen molar-refractivity contribution >= 4 is 0 Å². The van der Waals surface area contributed by atoms with Crippen LogP contribution in [0.25, 0.3) is 11.4 Å². The van der Waals surface area contributed by atoms with Gasteiger partial charge in [-0.15, -0.1) is 0 Å². The molecule has 1 N–H and O–H groups in total. The van der Waals surface area contributed by atoms with Crippen LogP contribution in [-0.4, -0.2) is 39.6 Å². The van der Waals surface area contributed by atoms with E-state index in [2.05, 4.69) is 10.1 Å². The molecule has 7 nitrogen and oxygen atoms in total. The lowest BCUT2D eigenvalue weighted by Crippen LogP contribution is -2.24. The number of aliphatic hydroxyl groups is 1. The minimum atomic E-state index is -4.38. The van der Waals surface area contributed by atoms with Crippen molar-refractivity contribution in [2.75, 3.05) is 13.3 Å². The monoisotopic (exact) mass is 433 g/mol. The van der Waals surface area contributed by atoms with Crippen LogP contribution in [0.4, 0.5) is 13.2 Å². The Morgan fingerprint density at radius 2 is 1.84 bits per heavy atom. The van der Waals surface area contributed by atoms with E-state index in [0.717, 1.165) is 12.1 Å². The predicted molar refractivity (Wildman–Crippen MR) is 101 cm³/mol. The van der Waals surface area contributed by atoms with Gasteiger partial charge in [-0.2, -0.15) is 18.2 Å². The Labute approximate surface area is 175 Å². The number of ether oxygens (including phenoxy) is 2. The Hall–Kier alpha value is -3.11.